The highest BCUT2D eigenvalue weighted by molar-refractivity contribution is 9.09. The van der Waals surface area contributed by atoms with Crippen molar-refractivity contribution >= 4 is 26.7 Å². The van der Waals surface area contributed by atoms with Gasteiger partial charge in [-0.05, 0) is 11.6 Å². The summed E-state index contributed by atoms with van der Waals surface area (Å²) < 4.78 is 1.56. The summed E-state index contributed by atoms with van der Waals surface area (Å²) in [6.07, 6.45) is 1.76. The topological polar surface area (TPSA) is 34.9 Å². The molecule has 3 aromatic rings. The minimum Gasteiger partial charge on any atom is -0.267 e. The highest BCUT2D eigenvalue weighted by Gasteiger charge is 2.13. The van der Waals surface area contributed by atoms with Crippen LogP contribution in [0.2, 0.25) is 0 Å². The first-order valence-electron chi connectivity index (χ1n) is 6.85. The van der Waals surface area contributed by atoms with E-state index in [0.717, 1.165) is 10.7 Å². The number of hydrogen-bond donors (Lipinski definition) is 0. The molecule has 1 aromatic heterocycles. The van der Waals surface area contributed by atoms with Crippen molar-refractivity contribution in [3.8, 4) is 0 Å². The van der Waals surface area contributed by atoms with Gasteiger partial charge in [0.25, 0.3) is 5.56 Å². The summed E-state index contributed by atoms with van der Waals surface area (Å²) in [7, 11) is 0. The monoisotopic (exact) mass is 342 g/mol. The Morgan fingerprint density at radius 3 is 2.52 bits per heavy atom. The van der Waals surface area contributed by atoms with E-state index in [4.69, 9.17) is 0 Å². The standard InChI is InChI=1S/C17H15BrN2O/c18-10-15(13-6-2-1-3-7-13)12-20-17(21)16-9-5-4-8-14(16)11-19-20/h1-9,11,15H,10,12H2. The molecule has 1 heterocycles. The van der Waals surface area contributed by atoms with Gasteiger partial charge in [-0.1, -0.05) is 64.5 Å². The first-order valence-corrected chi connectivity index (χ1v) is 7.97. The van der Waals surface area contributed by atoms with Gasteiger partial charge >= 0.3 is 0 Å². The molecule has 3 rings (SSSR count). The second-order valence-electron chi connectivity index (χ2n) is 4.98. The lowest BCUT2D eigenvalue weighted by atomic mass is 10.0. The lowest BCUT2D eigenvalue weighted by Crippen LogP contribution is -2.26. The molecule has 0 saturated heterocycles. The molecule has 3 nitrogen and oxygen atoms in total. The molecule has 0 fully saturated rings. The van der Waals surface area contributed by atoms with E-state index < -0.39 is 0 Å². The quantitative estimate of drug-likeness (QED) is 0.679. The number of aromatic nitrogens is 2. The van der Waals surface area contributed by atoms with Gasteiger partial charge in [0.1, 0.15) is 0 Å². The predicted molar refractivity (Wildman–Crippen MR) is 89.0 cm³/mol. The lowest BCUT2D eigenvalue weighted by Gasteiger charge is -2.15. The van der Waals surface area contributed by atoms with E-state index in [1.165, 1.54) is 5.56 Å². The fourth-order valence-electron chi connectivity index (χ4n) is 2.44. The van der Waals surface area contributed by atoms with Gasteiger partial charge < -0.3 is 0 Å². The number of fused-ring (bicyclic) bond motifs is 1. The van der Waals surface area contributed by atoms with Crippen LogP contribution in [0.3, 0.4) is 0 Å². The van der Waals surface area contributed by atoms with E-state index >= 15 is 0 Å². The Labute approximate surface area is 131 Å². The molecule has 0 aliphatic heterocycles. The zero-order valence-electron chi connectivity index (χ0n) is 11.4. The van der Waals surface area contributed by atoms with Crippen molar-refractivity contribution in [2.45, 2.75) is 12.5 Å². The summed E-state index contributed by atoms with van der Waals surface area (Å²) in [6, 6.07) is 17.7. The summed E-state index contributed by atoms with van der Waals surface area (Å²) in [5.41, 5.74) is 1.17. The molecular formula is C17H15BrN2O. The van der Waals surface area contributed by atoms with Crippen LogP contribution in [0, 0.1) is 0 Å². The van der Waals surface area contributed by atoms with Gasteiger partial charge in [-0.15, -0.1) is 0 Å². The molecule has 0 bridgehead atoms. The van der Waals surface area contributed by atoms with Gasteiger partial charge in [0, 0.05) is 16.6 Å². The van der Waals surface area contributed by atoms with Crippen molar-refractivity contribution in [1.29, 1.82) is 0 Å². The van der Waals surface area contributed by atoms with Crippen LogP contribution in [-0.2, 0) is 6.54 Å². The average Bonchev–Trinajstić information content (AvgIpc) is 2.55. The Morgan fingerprint density at radius 2 is 1.76 bits per heavy atom. The maximum atomic E-state index is 12.5. The Balaban J connectivity index is 1.97. The van der Waals surface area contributed by atoms with Crippen molar-refractivity contribution in [2.75, 3.05) is 5.33 Å². The molecule has 1 unspecified atom stereocenters. The Bertz CT molecular complexity index is 798. The van der Waals surface area contributed by atoms with Crippen molar-refractivity contribution < 1.29 is 0 Å². The molecule has 21 heavy (non-hydrogen) atoms. The van der Waals surface area contributed by atoms with E-state index in [1.807, 2.05) is 42.5 Å². The van der Waals surface area contributed by atoms with E-state index in [2.05, 4.69) is 33.2 Å². The van der Waals surface area contributed by atoms with Crippen LogP contribution in [-0.4, -0.2) is 15.1 Å². The summed E-state index contributed by atoms with van der Waals surface area (Å²) in [4.78, 5) is 12.5. The normalized spacial score (nSPS) is 12.4. The van der Waals surface area contributed by atoms with Gasteiger partial charge in [-0.3, -0.25) is 4.79 Å². The third-order valence-corrected chi connectivity index (χ3v) is 4.39. The summed E-state index contributed by atoms with van der Waals surface area (Å²) >= 11 is 3.54. The number of hydrogen-bond acceptors (Lipinski definition) is 2. The van der Waals surface area contributed by atoms with E-state index in [1.54, 1.807) is 10.9 Å². The highest BCUT2D eigenvalue weighted by Crippen LogP contribution is 2.19. The molecule has 0 aliphatic rings. The van der Waals surface area contributed by atoms with E-state index in [0.29, 0.717) is 11.9 Å². The third-order valence-electron chi connectivity index (χ3n) is 3.61. The van der Waals surface area contributed by atoms with Gasteiger partial charge in [0.2, 0.25) is 0 Å². The number of nitrogens with zero attached hydrogens (tertiary/aromatic N) is 2. The first kappa shape index (κ1) is 14.0. The van der Waals surface area contributed by atoms with E-state index in [9.17, 15) is 4.79 Å². The van der Waals surface area contributed by atoms with Gasteiger partial charge in [0.05, 0.1) is 18.1 Å². The Hall–Kier alpha value is -1.94. The fourth-order valence-corrected chi connectivity index (χ4v) is 3.01. The molecule has 106 valence electrons. The molecule has 2 aromatic carbocycles. The van der Waals surface area contributed by atoms with Crippen LogP contribution in [0.5, 0.6) is 0 Å². The molecule has 0 spiro atoms. The molecule has 0 aliphatic carbocycles. The number of halogens is 1. The maximum absolute atomic E-state index is 12.5. The second kappa shape index (κ2) is 6.22. The molecule has 0 N–H and O–H groups in total. The second-order valence-corrected chi connectivity index (χ2v) is 5.63. The van der Waals surface area contributed by atoms with Gasteiger partial charge in [0.15, 0.2) is 0 Å². The SMILES string of the molecule is O=c1c2ccccc2cnn1CC(CBr)c1ccccc1. The molecule has 0 radical (unpaired) electrons. The predicted octanol–water partition coefficient (Wildman–Crippen LogP) is 3.58. The average molecular weight is 343 g/mol. The summed E-state index contributed by atoms with van der Waals surface area (Å²) in [5, 5.41) is 6.69. The number of benzene rings is 2. The van der Waals surface area contributed by atoms with Crippen LogP contribution in [0.1, 0.15) is 11.5 Å². The summed E-state index contributed by atoms with van der Waals surface area (Å²) in [5.74, 6) is 0.220. The highest BCUT2D eigenvalue weighted by atomic mass is 79.9. The molecule has 1 atom stereocenters. The van der Waals surface area contributed by atoms with Crippen molar-refractivity contribution in [1.82, 2.24) is 9.78 Å². The fraction of sp³-hybridized carbons (Fsp3) is 0.176. The van der Waals surface area contributed by atoms with Crippen molar-refractivity contribution in [3.05, 3.63) is 76.7 Å². The summed E-state index contributed by atoms with van der Waals surface area (Å²) in [6.45, 7) is 0.568. The minimum absolute atomic E-state index is 0.0324. The molecular weight excluding hydrogens is 328 g/mol. The molecule has 0 amide bonds. The van der Waals surface area contributed by atoms with Crippen LogP contribution in [0.15, 0.2) is 65.6 Å². The third kappa shape index (κ3) is 2.90. The number of alkyl halides is 1. The molecule has 4 heteroatoms. The first-order chi connectivity index (χ1) is 10.3. The van der Waals surface area contributed by atoms with Gasteiger partial charge in [-0.25, -0.2) is 4.68 Å². The zero-order chi connectivity index (χ0) is 14.7. The molecule has 0 saturated carbocycles. The smallest absolute Gasteiger partial charge is 0.267 e. The van der Waals surface area contributed by atoms with Crippen LogP contribution >= 0.6 is 15.9 Å². The largest absolute Gasteiger partial charge is 0.274 e. The van der Waals surface area contributed by atoms with Crippen LogP contribution < -0.4 is 5.56 Å². The number of rotatable bonds is 4. The zero-order valence-corrected chi connectivity index (χ0v) is 13.0. The lowest BCUT2D eigenvalue weighted by molar-refractivity contribution is 0.527. The minimum atomic E-state index is -0.0324. The van der Waals surface area contributed by atoms with Crippen LogP contribution in [0.4, 0.5) is 0 Å². The Morgan fingerprint density at radius 1 is 1.05 bits per heavy atom. The van der Waals surface area contributed by atoms with Gasteiger partial charge in [-0.2, -0.15) is 5.10 Å². The Kier molecular flexibility index (Phi) is 4.15. The maximum Gasteiger partial charge on any atom is 0.274 e. The van der Waals surface area contributed by atoms with Crippen molar-refractivity contribution in [3.63, 3.8) is 0 Å². The van der Waals surface area contributed by atoms with Crippen molar-refractivity contribution in [2.24, 2.45) is 0 Å². The van der Waals surface area contributed by atoms with Crippen LogP contribution in [0.25, 0.3) is 10.8 Å². The van der Waals surface area contributed by atoms with E-state index in [-0.39, 0.29) is 11.5 Å².